The van der Waals surface area contributed by atoms with Gasteiger partial charge in [0.1, 0.15) is 6.54 Å². The third-order valence-corrected chi connectivity index (χ3v) is 2.84. The predicted octanol–water partition coefficient (Wildman–Crippen LogP) is 1.95. The number of nitrogens with zero attached hydrogens (tertiary/aromatic N) is 2. The molecule has 0 atom stereocenters. The number of rotatable bonds is 5. The summed E-state index contributed by atoms with van der Waals surface area (Å²) in [5.74, 6) is -1.40. The zero-order valence-electron chi connectivity index (χ0n) is 10.8. The molecular formula is C15H14N2O3. The monoisotopic (exact) mass is 270 g/mol. The molecule has 5 heteroatoms. The number of hydrogen-bond acceptors (Lipinski definition) is 3. The van der Waals surface area contributed by atoms with Gasteiger partial charge in [0, 0.05) is 18.1 Å². The maximum Gasteiger partial charge on any atom is 0.323 e. The van der Waals surface area contributed by atoms with Gasteiger partial charge in [0.25, 0.3) is 5.91 Å². The Morgan fingerprint density at radius 2 is 2.05 bits per heavy atom. The number of carboxylic acids is 1. The number of aromatic nitrogens is 1. The number of hydrogen-bond donors (Lipinski definition) is 1. The molecule has 1 heterocycles. The van der Waals surface area contributed by atoms with Crippen molar-refractivity contribution in [2.75, 3.05) is 13.1 Å². The van der Waals surface area contributed by atoms with Crippen LogP contribution in [0.25, 0.3) is 10.9 Å². The van der Waals surface area contributed by atoms with E-state index in [1.807, 2.05) is 12.1 Å². The van der Waals surface area contributed by atoms with Gasteiger partial charge in [0.2, 0.25) is 0 Å². The van der Waals surface area contributed by atoms with Crippen molar-refractivity contribution in [1.82, 2.24) is 9.88 Å². The van der Waals surface area contributed by atoms with E-state index in [2.05, 4.69) is 11.6 Å². The highest BCUT2D eigenvalue weighted by Gasteiger charge is 2.19. The van der Waals surface area contributed by atoms with Crippen LogP contribution in [0.2, 0.25) is 0 Å². The third kappa shape index (κ3) is 2.83. The minimum Gasteiger partial charge on any atom is -0.480 e. The van der Waals surface area contributed by atoms with Gasteiger partial charge in [-0.2, -0.15) is 0 Å². The van der Waals surface area contributed by atoms with Crippen molar-refractivity contribution in [2.45, 2.75) is 0 Å². The molecule has 1 amide bonds. The first-order valence-electron chi connectivity index (χ1n) is 6.09. The molecule has 2 aromatic rings. The molecule has 0 aliphatic carbocycles. The smallest absolute Gasteiger partial charge is 0.323 e. The number of amides is 1. The Hall–Kier alpha value is -2.69. The van der Waals surface area contributed by atoms with Crippen molar-refractivity contribution < 1.29 is 14.7 Å². The summed E-state index contributed by atoms with van der Waals surface area (Å²) in [6, 6.07) is 8.85. The van der Waals surface area contributed by atoms with Crippen LogP contribution in [-0.4, -0.2) is 40.0 Å². The fourth-order valence-corrected chi connectivity index (χ4v) is 1.99. The van der Waals surface area contributed by atoms with E-state index in [0.29, 0.717) is 16.5 Å². The summed E-state index contributed by atoms with van der Waals surface area (Å²) in [7, 11) is 0. The Labute approximate surface area is 116 Å². The Morgan fingerprint density at radius 3 is 2.75 bits per heavy atom. The van der Waals surface area contributed by atoms with E-state index >= 15 is 0 Å². The molecule has 2 rings (SSSR count). The fraction of sp³-hybridized carbons (Fsp3) is 0.133. The zero-order valence-corrected chi connectivity index (χ0v) is 10.8. The number of fused-ring (bicyclic) bond motifs is 1. The molecule has 0 aliphatic rings. The van der Waals surface area contributed by atoms with Gasteiger partial charge < -0.3 is 10.0 Å². The maximum absolute atomic E-state index is 12.5. The van der Waals surface area contributed by atoms with Crippen LogP contribution in [0.3, 0.4) is 0 Å². The standard InChI is InChI=1S/C15H14N2O3/c1-2-9-17(10-14(18)19)15(20)12-7-8-16-13-6-4-3-5-11(12)13/h2-8H,1,9-10H2,(H,18,19). The number of carbonyl (C=O) groups is 2. The van der Waals surface area contributed by atoms with Crippen molar-refractivity contribution in [3.05, 3.63) is 54.7 Å². The lowest BCUT2D eigenvalue weighted by Gasteiger charge is -2.19. The Bertz CT molecular complexity index is 662. The highest BCUT2D eigenvalue weighted by molar-refractivity contribution is 6.06. The van der Waals surface area contributed by atoms with Gasteiger partial charge >= 0.3 is 5.97 Å². The quantitative estimate of drug-likeness (QED) is 0.843. The molecule has 0 spiro atoms. The summed E-state index contributed by atoms with van der Waals surface area (Å²) in [6.45, 7) is 3.37. The summed E-state index contributed by atoms with van der Waals surface area (Å²) >= 11 is 0. The highest BCUT2D eigenvalue weighted by atomic mass is 16.4. The number of carbonyl (C=O) groups excluding carboxylic acids is 1. The largest absolute Gasteiger partial charge is 0.480 e. The first-order chi connectivity index (χ1) is 9.63. The van der Waals surface area contributed by atoms with Crippen LogP contribution in [0.15, 0.2) is 49.2 Å². The minimum atomic E-state index is -1.06. The Balaban J connectivity index is 2.43. The molecule has 5 nitrogen and oxygen atoms in total. The molecule has 0 saturated heterocycles. The van der Waals surface area contributed by atoms with E-state index in [4.69, 9.17) is 5.11 Å². The molecule has 0 unspecified atom stereocenters. The number of para-hydroxylation sites is 1. The van der Waals surface area contributed by atoms with Crippen LogP contribution in [0.1, 0.15) is 10.4 Å². The number of pyridine rings is 1. The lowest BCUT2D eigenvalue weighted by molar-refractivity contribution is -0.137. The molecule has 0 fully saturated rings. The van der Waals surface area contributed by atoms with Crippen molar-refractivity contribution in [2.24, 2.45) is 0 Å². The average Bonchev–Trinajstić information content (AvgIpc) is 2.45. The molecular weight excluding hydrogens is 256 g/mol. The van der Waals surface area contributed by atoms with Crippen molar-refractivity contribution >= 4 is 22.8 Å². The summed E-state index contributed by atoms with van der Waals surface area (Å²) < 4.78 is 0. The summed E-state index contributed by atoms with van der Waals surface area (Å²) in [5, 5.41) is 9.59. The number of carboxylic acid groups (broad SMARTS) is 1. The van der Waals surface area contributed by atoms with Crippen molar-refractivity contribution in [3.8, 4) is 0 Å². The van der Waals surface area contributed by atoms with E-state index in [0.717, 1.165) is 0 Å². The van der Waals surface area contributed by atoms with Crippen molar-refractivity contribution in [3.63, 3.8) is 0 Å². The van der Waals surface area contributed by atoms with Crippen LogP contribution < -0.4 is 0 Å². The lowest BCUT2D eigenvalue weighted by atomic mass is 10.1. The normalized spacial score (nSPS) is 10.2. The molecule has 0 saturated carbocycles. The average molecular weight is 270 g/mol. The molecule has 0 bridgehead atoms. The van der Waals surface area contributed by atoms with E-state index < -0.39 is 5.97 Å². The molecule has 1 aromatic heterocycles. The topological polar surface area (TPSA) is 70.5 Å². The third-order valence-electron chi connectivity index (χ3n) is 2.84. The number of benzene rings is 1. The molecule has 1 N–H and O–H groups in total. The van der Waals surface area contributed by atoms with Gasteiger partial charge in [-0.25, -0.2) is 0 Å². The van der Waals surface area contributed by atoms with Gasteiger partial charge in [-0.15, -0.1) is 6.58 Å². The van der Waals surface area contributed by atoms with Crippen molar-refractivity contribution in [1.29, 1.82) is 0 Å². The second-order valence-corrected chi connectivity index (χ2v) is 4.24. The first kappa shape index (κ1) is 13.7. The Kier molecular flexibility index (Phi) is 4.10. The molecule has 1 aromatic carbocycles. The van der Waals surface area contributed by atoms with Crippen LogP contribution in [0, 0.1) is 0 Å². The van der Waals surface area contributed by atoms with Gasteiger partial charge in [-0.3, -0.25) is 14.6 Å². The van der Waals surface area contributed by atoms with Crippen LogP contribution in [-0.2, 0) is 4.79 Å². The van der Waals surface area contributed by atoms with E-state index in [1.165, 1.54) is 11.0 Å². The molecule has 102 valence electrons. The van der Waals surface area contributed by atoms with Crippen LogP contribution >= 0.6 is 0 Å². The van der Waals surface area contributed by atoms with Crippen LogP contribution in [0.4, 0.5) is 0 Å². The maximum atomic E-state index is 12.5. The van der Waals surface area contributed by atoms with Gasteiger partial charge in [-0.05, 0) is 12.1 Å². The van der Waals surface area contributed by atoms with Gasteiger partial charge in [0.05, 0.1) is 11.1 Å². The second kappa shape index (κ2) is 5.97. The SMILES string of the molecule is C=CCN(CC(=O)O)C(=O)c1ccnc2ccccc12. The van der Waals surface area contributed by atoms with Gasteiger partial charge in [0.15, 0.2) is 0 Å². The summed E-state index contributed by atoms with van der Waals surface area (Å²) in [6.07, 6.45) is 3.05. The second-order valence-electron chi connectivity index (χ2n) is 4.24. The number of aliphatic carboxylic acids is 1. The molecule has 0 aliphatic heterocycles. The van der Waals surface area contributed by atoms with Crippen LogP contribution in [0.5, 0.6) is 0 Å². The zero-order chi connectivity index (χ0) is 14.5. The van der Waals surface area contributed by atoms with Gasteiger partial charge in [-0.1, -0.05) is 24.3 Å². The summed E-state index contributed by atoms with van der Waals surface area (Å²) in [5.41, 5.74) is 1.14. The van der Waals surface area contributed by atoms with E-state index in [9.17, 15) is 9.59 Å². The first-order valence-corrected chi connectivity index (χ1v) is 6.09. The van der Waals surface area contributed by atoms with E-state index in [-0.39, 0.29) is 19.0 Å². The lowest BCUT2D eigenvalue weighted by Crippen LogP contribution is -2.35. The van der Waals surface area contributed by atoms with E-state index in [1.54, 1.807) is 24.4 Å². The summed E-state index contributed by atoms with van der Waals surface area (Å²) in [4.78, 5) is 28.7. The predicted molar refractivity (Wildman–Crippen MR) is 75.5 cm³/mol. The highest BCUT2D eigenvalue weighted by Crippen LogP contribution is 2.17. The molecule has 20 heavy (non-hydrogen) atoms. The Morgan fingerprint density at radius 1 is 1.30 bits per heavy atom. The minimum absolute atomic E-state index is 0.182. The molecule has 0 radical (unpaired) electrons. The fourth-order valence-electron chi connectivity index (χ4n) is 1.99.